The Kier molecular flexibility index (Phi) is 4.71. The van der Waals surface area contributed by atoms with Gasteiger partial charge < -0.3 is 14.8 Å². The first-order valence-electron chi connectivity index (χ1n) is 7.46. The van der Waals surface area contributed by atoms with Crippen LogP contribution in [0.15, 0.2) is 71.2 Å². The summed E-state index contributed by atoms with van der Waals surface area (Å²) in [4.78, 5) is 27.0. The van der Waals surface area contributed by atoms with Crippen LogP contribution in [0.3, 0.4) is 0 Å². The van der Waals surface area contributed by atoms with Crippen LogP contribution in [0.25, 0.3) is 17.4 Å². The van der Waals surface area contributed by atoms with Crippen molar-refractivity contribution >= 4 is 23.8 Å². The van der Waals surface area contributed by atoms with Gasteiger partial charge in [0.25, 0.3) is 5.91 Å². The van der Waals surface area contributed by atoms with Gasteiger partial charge in [0.1, 0.15) is 11.6 Å². The first-order chi connectivity index (χ1) is 12.1. The van der Waals surface area contributed by atoms with Crippen molar-refractivity contribution in [1.82, 2.24) is 4.98 Å². The van der Waals surface area contributed by atoms with Crippen molar-refractivity contribution in [3.05, 3.63) is 78.2 Å². The number of benzene rings is 1. The van der Waals surface area contributed by atoms with Crippen LogP contribution in [0.2, 0.25) is 0 Å². The van der Waals surface area contributed by atoms with E-state index in [2.05, 4.69) is 10.3 Å². The van der Waals surface area contributed by atoms with Crippen molar-refractivity contribution in [3.63, 3.8) is 0 Å². The summed E-state index contributed by atoms with van der Waals surface area (Å²) in [5.74, 6) is -0.450. The predicted octanol–water partition coefficient (Wildman–Crippen LogP) is 3.69. The van der Waals surface area contributed by atoms with Crippen molar-refractivity contribution in [2.75, 3.05) is 5.32 Å². The van der Waals surface area contributed by atoms with Gasteiger partial charge in [-0.05, 0) is 30.3 Å². The molecule has 1 aromatic carbocycles. The van der Waals surface area contributed by atoms with Crippen molar-refractivity contribution in [2.24, 2.45) is 0 Å². The minimum absolute atomic E-state index is 0.159. The summed E-state index contributed by atoms with van der Waals surface area (Å²) in [7, 11) is 0. The number of carbonyl (C=O) groups excluding carboxylic acids is 1. The molecule has 0 fully saturated rings. The molecule has 6 heteroatoms. The van der Waals surface area contributed by atoms with E-state index in [0.29, 0.717) is 17.3 Å². The highest BCUT2D eigenvalue weighted by molar-refractivity contribution is 6.02. The number of hydrogen-bond acceptors (Lipinski definition) is 4. The maximum atomic E-state index is 12.3. The van der Waals surface area contributed by atoms with E-state index in [-0.39, 0.29) is 5.76 Å². The Morgan fingerprint density at radius 3 is 2.56 bits per heavy atom. The highest BCUT2D eigenvalue weighted by Crippen LogP contribution is 2.22. The Morgan fingerprint density at radius 1 is 1.00 bits per heavy atom. The summed E-state index contributed by atoms with van der Waals surface area (Å²) >= 11 is 0. The zero-order valence-electron chi connectivity index (χ0n) is 13.0. The molecule has 3 aromatic rings. The molecular weight excluding hydrogens is 320 g/mol. The number of carboxylic acids is 1. The molecule has 0 saturated heterocycles. The number of carboxylic acid groups (broad SMARTS) is 1. The second-order valence-electron chi connectivity index (χ2n) is 5.10. The van der Waals surface area contributed by atoms with Crippen LogP contribution >= 0.6 is 0 Å². The lowest BCUT2D eigenvalue weighted by Gasteiger charge is -2.03. The molecular formula is C19H14N2O4. The Hall–Kier alpha value is -3.67. The van der Waals surface area contributed by atoms with E-state index in [4.69, 9.17) is 9.52 Å². The lowest BCUT2D eigenvalue weighted by molar-refractivity contribution is -0.131. The smallest absolute Gasteiger partial charge is 0.328 e. The molecule has 0 saturated carbocycles. The number of furan rings is 1. The number of pyridine rings is 1. The third-order valence-electron chi connectivity index (χ3n) is 3.30. The van der Waals surface area contributed by atoms with E-state index in [0.717, 1.165) is 11.6 Å². The van der Waals surface area contributed by atoms with Gasteiger partial charge >= 0.3 is 5.97 Å². The maximum Gasteiger partial charge on any atom is 0.328 e. The summed E-state index contributed by atoms with van der Waals surface area (Å²) < 4.78 is 5.58. The Morgan fingerprint density at radius 2 is 1.80 bits per heavy atom. The highest BCUT2D eigenvalue weighted by Gasteiger charge is 2.13. The summed E-state index contributed by atoms with van der Waals surface area (Å²) in [5.41, 5.74) is 1.30. The molecule has 124 valence electrons. The van der Waals surface area contributed by atoms with Gasteiger partial charge in [0, 0.05) is 11.6 Å². The number of nitrogens with zero attached hydrogens (tertiary/aromatic N) is 1. The lowest BCUT2D eigenvalue weighted by atomic mass is 10.2. The summed E-state index contributed by atoms with van der Waals surface area (Å²) in [6.45, 7) is 0. The van der Waals surface area contributed by atoms with Crippen LogP contribution in [-0.4, -0.2) is 22.0 Å². The Labute approximate surface area is 143 Å². The topological polar surface area (TPSA) is 92.4 Å². The van der Waals surface area contributed by atoms with Crippen molar-refractivity contribution < 1.29 is 19.1 Å². The van der Waals surface area contributed by atoms with Gasteiger partial charge in [-0.1, -0.05) is 36.4 Å². The summed E-state index contributed by atoms with van der Waals surface area (Å²) in [6, 6.07) is 17.7. The van der Waals surface area contributed by atoms with E-state index in [9.17, 15) is 9.59 Å². The quantitative estimate of drug-likeness (QED) is 0.694. The van der Waals surface area contributed by atoms with Gasteiger partial charge in [0.15, 0.2) is 5.76 Å². The SMILES string of the molecule is O=C(O)/C=C/c1cccc(NC(=O)c2ccc(-c3ccccc3)o2)n1. The normalized spacial score (nSPS) is 10.7. The highest BCUT2D eigenvalue weighted by atomic mass is 16.4. The lowest BCUT2D eigenvalue weighted by Crippen LogP contribution is -2.12. The van der Waals surface area contributed by atoms with E-state index in [1.54, 1.807) is 30.3 Å². The minimum Gasteiger partial charge on any atom is -0.478 e. The fraction of sp³-hybridized carbons (Fsp3) is 0. The number of carbonyl (C=O) groups is 2. The summed E-state index contributed by atoms with van der Waals surface area (Å²) in [5, 5.41) is 11.3. The fourth-order valence-electron chi connectivity index (χ4n) is 2.17. The molecule has 3 rings (SSSR count). The monoisotopic (exact) mass is 334 g/mol. The standard InChI is InChI=1S/C19H14N2O4/c22-18(23)12-9-14-7-4-8-17(20-14)21-19(24)16-11-10-15(25-16)13-5-2-1-3-6-13/h1-12H,(H,22,23)(H,20,21,24)/b12-9+. The zero-order chi connectivity index (χ0) is 17.6. The molecule has 0 aliphatic heterocycles. The molecule has 2 heterocycles. The molecule has 0 unspecified atom stereocenters. The van der Waals surface area contributed by atoms with Crippen LogP contribution in [-0.2, 0) is 4.79 Å². The van der Waals surface area contributed by atoms with Crippen LogP contribution in [0.5, 0.6) is 0 Å². The molecule has 6 nitrogen and oxygen atoms in total. The number of aromatic nitrogens is 1. The number of amides is 1. The Bertz CT molecular complexity index is 929. The van der Waals surface area contributed by atoms with E-state index >= 15 is 0 Å². The maximum absolute atomic E-state index is 12.3. The average Bonchev–Trinajstić information content (AvgIpc) is 3.11. The van der Waals surface area contributed by atoms with Crippen LogP contribution in [0.4, 0.5) is 5.82 Å². The third kappa shape index (κ3) is 4.20. The summed E-state index contributed by atoms with van der Waals surface area (Å²) in [6.07, 6.45) is 2.32. The molecule has 0 aliphatic rings. The minimum atomic E-state index is -1.07. The zero-order valence-corrected chi connectivity index (χ0v) is 13.0. The van der Waals surface area contributed by atoms with Crippen molar-refractivity contribution in [1.29, 1.82) is 0 Å². The number of anilines is 1. The van der Waals surface area contributed by atoms with Crippen LogP contribution in [0.1, 0.15) is 16.2 Å². The van der Waals surface area contributed by atoms with Crippen molar-refractivity contribution in [3.8, 4) is 11.3 Å². The average molecular weight is 334 g/mol. The first-order valence-corrected chi connectivity index (χ1v) is 7.46. The molecule has 0 radical (unpaired) electrons. The van der Waals surface area contributed by atoms with E-state index in [1.165, 1.54) is 6.08 Å². The molecule has 25 heavy (non-hydrogen) atoms. The number of nitrogens with one attached hydrogen (secondary N) is 1. The van der Waals surface area contributed by atoms with Gasteiger partial charge in [0.05, 0.1) is 5.69 Å². The molecule has 0 aliphatic carbocycles. The molecule has 0 spiro atoms. The molecule has 0 atom stereocenters. The van der Waals surface area contributed by atoms with Gasteiger partial charge in [-0.2, -0.15) is 0 Å². The van der Waals surface area contributed by atoms with Crippen LogP contribution < -0.4 is 5.32 Å². The van der Waals surface area contributed by atoms with Gasteiger partial charge in [0.2, 0.25) is 0 Å². The largest absolute Gasteiger partial charge is 0.478 e. The van der Waals surface area contributed by atoms with Crippen LogP contribution in [0, 0.1) is 0 Å². The fourth-order valence-corrected chi connectivity index (χ4v) is 2.17. The number of hydrogen-bond donors (Lipinski definition) is 2. The first kappa shape index (κ1) is 16.2. The molecule has 0 bridgehead atoms. The number of aliphatic carboxylic acids is 1. The van der Waals surface area contributed by atoms with Gasteiger partial charge in [-0.15, -0.1) is 0 Å². The van der Waals surface area contributed by atoms with E-state index < -0.39 is 11.9 Å². The van der Waals surface area contributed by atoms with E-state index in [1.807, 2.05) is 30.3 Å². The molecule has 2 N–H and O–H groups in total. The second kappa shape index (κ2) is 7.27. The second-order valence-corrected chi connectivity index (χ2v) is 5.10. The third-order valence-corrected chi connectivity index (χ3v) is 3.30. The Balaban J connectivity index is 1.74. The molecule has 2 aromatic heterocycles. The van der Waals surface area contributed by atoms with Gasteiger partial charge in [-0.25, -0.2) is 9.78 Å². The predicted molar refractivity (Wildman–Crippen MR) is 93.0 cm³/mol. The van der Waals surface area contributed by atoms with Gasteiger partial charge in [-0.3, -0.25) is 4.79 Å². The number of rotatable bonds is 5. The molecule has 1 amide bonds. The van der Waals surface area contributed by atoms with Crippen molar-refractivity contribution in [2.45, 2.75) is 0 Å².